The maximum absolute atomic E-state index is 9.08. The van der Waals surface area contributed by atoms with Crippen molar-refractivity contribution in [2.24, 2.45) is 5.92 Å². The Kier molecular flexibility index (Phi) is 4.13. The predicted octanol–water partition coefficient (Wildman–Crippen LogP) is 1.91. The fourth-order valence-electron chi connectivity index (χ4n) is 2.30. The van der Waals surface area contributed by atoms with Crippen LogP contribution in [0.15, 0.2) is 24.3 Å². The molecule has 0 saturated carbocycles. The van der Waals surface area contributed by atoms with Gasteiger partial charge in [0.05, 0.1) is 12.7 Å². The molecule has 1 aliphatic heterocycles. The first-order chi connectivity index (χ1) is 8.31. The lowest BCUT2D eigenvalue weighted by atomic mass is 9.98. The number of hydrogen-bond acceptors (Lipinski definition) is 3. The lowest BCUT2D eigenvalue weighted by Gasteiger charge is -2.29. The molecular weight excluding hydrogens is 212 g/mol. The van der Waals surface area contributed by atoms with E-state index in [1.54, 1.807) is 0 Å². The molecule has 1 N–H and O–H groups in total. The number of nitrogens with zero attached hydrogens (tertiary/aromatic N) is 2. The summed E-state index contributed by atoms with van der Waals surface area (Å²) in [4.78, 5) is 2.38. The zero-order valence-corrected chi connectivity index (χ0v) is 9.97. The molecule has 1 heterocycles. The number of nitriles is 1. The molecule has 1 aromatic carbocycles. The fourth-order valence-corrected chi connectivity index (χ4v) is 2.30. The normalized spacial score (nSPS) is 17.9. The highest BCUT2D eigenvalue weighted by atomic mass is 16.3. The molecule has 0 aromatic heterocycles. The van der Waals surface area contributed by atoms with Crippen LogP contribution in [0.5, 0.6) is 0 Å². The Hall–Kier alpha value is -1.37. The molecule has 3 heteroatoms. The molecule has 17 heavy (non-hydrogen) atoms. The number of piperidine rings is 1. The minimum atomic E-state index is 0.102. The third kappa shape index (κ3) is 3.29. The summed E-state index contributed by atoms with van der Waals surface area (Å²) in [6.45, 7) is 3.03. The summed E-state index contributed by atoms with van der Waals surface area (Å²) in [6.07, 6.45) is 1.96. The van der Waals surface area contributed by atoms with Gasteiger partial charge in [-0.15, -0.1) is 0 Å². The molecule has 0 aliphatic carbocycles. The van der Waals surface area contributed by atoms with E-state index >= 15 is 0 Å². The Bertz CT molecular complexity index is 403. The first-order valence-electron chi connectivity index (χ1n) is 6.12. The second kappa shape index (κ2) is 5.81. The standard InChI is InChI=1S/C14H18N2O/c15-9-12-4-6-16(7-5-12)10-13-2-1-3-14(8-13)11-17/h1-3,8,12,17H,4-7,10-11H2. The minimum absolute atomic E-state index is 0.102. The van der Waals surface area contributed by atoms with Crippen LogP contribution in [0, 0.1) is 17.2 Å². The van der Waals surface area contributed by atoms with Gasteiger partial charge in [0, 0.05) is 12.5 Å². The van der Waals surface area contributed by atoms with Gasteiger partial charge in [0.1, 0.15) is 0 Å². The summed E-state index contributed by atoms with van der Waals surface area (Å²) < 4.78 is 0. The minimum Gasteiger partial charge on any atom is -0.392 e. The van der Waals surface area contributed by atoms with E-state index in [0.717, 1.165) is 38.0 Å². The van der Waals surface area contributed by atoms with Crippen LogP contribution in [0.25, 0.3) is 0 Å². The molecule has 1 aliphatic rings. The molecule has 90 valence electrons. The lowest BCUT2D eigenvalue weighted by molar-refractivity contribution is 0.198. The van der Waals surface area contributed by atoms with Gasteiger partial charge in [-0.05, 0) is 37.1 Å². The van der Waals surface area contributed by atoms with Crippen molar-refractivity contribution in [3.05, 3.63) is 35.4 Å². The summed E-state index contributed by atoms with van der Waals surface area (Å²) in [5, 5.41) is 17.9. The monoisotopic (exact) mass is 230 g/mol. The van der Waals surface area contributed by atoms with Gasteiger partial charge in [-0.1, -0.05) is 24.3 Å². The summed E-state index contributed by atoms with van der Waals surface area (Å²) in [7, 11) is 0. The number of hydrogen-bond donors (Lipinski definition) is 1. The summed E-state index contributed by atoms with van der Waals surface area (Å²) in [5.41, 5.74) is 2.21. The maximum Gasteiger partial charge on any atom is 0.0681 e. The quantitative estimate of drug-likeness (QED) is 0.863. The number of aliphatic hydroxyl groups is 1. The Morgan fingerprint density at radius 3 is 2.65 bits per heavy atom. The van der Waals surface area contributed by atoms with E-state index in [9.17, 15) is 0 Å². The topological polar surface area (TPSA) is 47.3 Å². The molecule has 1 aromatic rings. The van der Waals surface area contributed by atoms with E-state index < -0.39 is 0 Å². The predicted molar refractivity (Wildman–Crippen MR) is 66.0 cm³/mol. The van der Waals surface area contributed by atoms with Crippen molar-refractivity contribution < 1.29 is 5.11 Å². The van der Waals surface area contributed by atoms with Crippen LogP contribution >= 0.6 is 0 Å². The van der Waals surface area contributed by atoms with Gasteiger partial charge in [0.15, 0.2) is 0 Å². The van der Waals surface area contributed by atoms with Gasteiger partial charge in [-0.3, -0.25) is 4.90 Å². The van der Waals surface area contributed by atoms with Gasteiger partial charge in [0.25, 0.3) is 0 Å². The molecular formula is C14H18N2O. The van der Waals surface area contributed by atoms with Crippen LogP contribution in [0.2, 0.25) is 0 Å². The van der Waals surface area contributed by atoms with E-state index in [1.165, 1.54) is 5.56 Å². The Labute approximate surface area is 102 Å². The molecule has 3 nitrogen and oxygen atoms in total. The van der Waals surface area contributed by atoms with Gasteiger partial charge in [-0.25, -0.2) is 0 Å². The number of benzene rings is 1. The number of aliphatic hydroxyl groups excluding tert-OH is 1. The van der Waals surface area contributed by atoms with Gasteiger partial charge < -0.3 is 5.11 Å². The second-order valence-corrected chi connectivity index (χ2v) is 4.66. The van der Waals surface area contributed by atoms with Crippen molar-refractivity contribution in [2.75, 3.05) is 13.1 Å². The van der Waals surface area contributed by atoms with Crippen molar-refractivity contribution in [3.63, 3.8) is 0 Å². The Morgan fingerprint density at radius 1 is 1.29 bits per heavy atom. The zero-order chi connectivity index (χ0) is 12.1. The highest BCUT2D eigenvalue weighted by molar-refractivity contribution is 5.22. The molecule has 1 fully saturated rings. The van der Waals surface area contributed by atoms with Crippen molar-refractivity contribution in [2.45, 2.75) is 26.0 Å². The third-order valence-electron chi connectivity index (χ3n) is 3.35. The second-order valence-electron chi connectivity index (χ2n) is 4.66. The van der Waals surface area contributed by atoms with Crippen LogP contribution in [0.3, 0.4) is 0 Å². The smallest absolute Gasteiger partial charge is 0.0681 e. The van der Waals surface area contributed by atoms with Crippen LogP contribution in [-0.2, 0) is 13.2 Å². The molecule has 0 spiro atoms. The summed E-state index contributed by atoms with van der Waals surface area (Å²) in [5.74, 6) is 0.245. The van der Waals surface area contributed by atoms with E-state index in [4.69, 9.17) is 10.4 Å². The van der Waals surface area contributed by atoms with Crippen molar-refractivity contribution in [3.8, 4) is 6.07 Å². The molecule has 2 rings (SSSR count). The molecule has 0 atom stereocenters. The van der Waals surface area contributed by atoms with Crippen LogP contribution < -0.4 is 0 Å². The fraction of sp³-hybridized carbons (Fsp3) is 0.500. The third-order valence-corrected chi connectivity index (χ3v) is 3.35. The number of likely N-dealkylation sites (tertiary alicyclic amines) is 1. The average molecular weight is 230 g/mol. The van der Waals surface area contributed by atoms with Crippen LogP contribution in [0.4, 0.5) is 0 Å². The molecule has 0 bridgehead atoms. The maximum atomic E-state index is 9.08. The van der Waals surface area contributed by atoms with Gasteiger partial charge >= 0.3 is 0 Å². The summed E-state index contributed by atoms with van der Waals surface area (Å²) >= 11 is 0. The number of rotatable bonds is 3. The van der Waals surface area contributed by atoms with Crippen molar-refractivity contribution in [1.29, 1.82) is 5.26 Å². The molecule has 1 saturated heterocycles. The van der Waals surface area contributed by atoms with Gasteiger partial charge in [0.2, 0.25) is 0 Å². The zero-order valence-electron chi connectivity index (χ0n) is 9.97. The van der Waals surface area contributed by atoms with E-state index in [-0.39, 0.29) is 12.5 Å². The lowest BCUT2D eigenvalue weighted by Crippen LogP contribution is -2.32. The van der Waals surface area contributed by atoms with E-state index in [1.807, 2.05) is 12.1 Å². The van der Waals surface area contributed by atoms with E-state index in [2.05, 4.69) is 23.1 Å². The first-order valence-corrected chi connectivity index (χ1v) is 6.12. The Morgan fingerprint density at radius 2 is 2.00 bits per heavy atom. The molecule has 0 unspecified atom stereocenters. The van der Waals surface area contributed by atoms with Crippen LogP contribution in [0.1, 0.15) is 24.0 Å². The first kappa shape index (κ1) is 12.1. The largest absolute Gasteiger partial charge is 0.392 e. The van der Waals surface area contributed by atoms with Gasteiger partial charge in [-0.2, -0.15) is 5.26 Å². The summed E-state index contributed by atoms with van der Waals surface area (Å²) in [6, 6.07) is 10.4. The highest BCUT2D eigenvalue weighted by Gasteiger charge is 2.18. The average Bonchev–Trinajstić information content (AvgIpc) is 2.40. The van der Waals surface area contributed by atoms with Crippen LogP contribution in [-0.4, -0.2) is 23.1 Å². The SMILES string of the molecule is N#CC1CCN(Cc2cccc(CO)c2)CC1. The van der Waals surface area contributed by atoms with E-state index in [0.29, 0.717) is 0 Å². The van der Waals surface area contributed by atoms with Crippen molar-refractivity contribution >= 4 is 0 Å². The molecule has 0 radical (unpaired) electrons. The molecule has 0 amide bonds. The van der Waals surface area contributed by atoms with Crippen molar-refractivity contribution in [1.82, 2.24) is 4.90 Å². The Balaban J connectivity index is 1.91. The highest BCUT2D eigenvalue weighted by Crippen LogP contribution is 2.18.